The van der Waals surface area contributed by atoms with E-state index in [1.807, 2.05) is 19.4 Å². The molecule has 0 saturated heterocycles. The van der Waals surface area contributed by atoms with Crippen LogP contribution in [0.5, 0.6) is 0 Å². The van der Waals surface area contributed by atoms with Crippen molar-refractivity contribution in [3.8, 4) is 21.6 Å². The number of Topliss-reactive ketones (excluding diaryl/α,β-unsaturated/α-hetero) is 1. The molecule has 156 valence electrons. The lowest BCUT2D eigenvalue weighted by Crippen LogP contribution is -2.05. The fourth-order valence-electron chi connectivity index (χ4n) is 3.97. The van der Waals surface area contributed by atoms with Crippen molar-refractivity contribution in [1.82, 2.24) is 14.8 Å². The summed E-state index contributed by atoms with van der Waals surface area (Å²) in [6.45, 7) is 0. The summed E-state index contributed by atoms with van der Waals surface area (Å²) in [5, 5.41) is 4.62. The van der Waals surface area contributed by atoms with E-state index in [0.29, 0.717) is 5.01 Å². The lowest BCUT2D eigenvalue weighted by Gasteiger charge is -2.08. The fourth-order valence-corrected chi connectivity index (χ4v) is 5.07. The van der Waals surface area contributed by atoms with Crippen molar-refractivity contribution >= 4 is 17.1 Å². The molecule has 2 aromatic carbocycles. The zero-order valence-corrected chi connectivity index (χ0v) is 17.7. The molecule has 31 heavy (non-hydrogen) atoms. The summed E-state index contributed by atoms with van der Waals surface area (Å²) in [5.41, 5.74) is 5.51. The Balaban J connectivity index is 1.51. The third kappa shape index (κ3) is 3.81. The third-order valence-electron chi connectivity index (χ3n) is 5.55. The van der Waals surface area contributed by atoms with E-state index < -0.39 is 11.6 Å². The number of nitrogens with zero attached hydrogens (tertiary/aromatic N) is 3. The molecule has 0 radical (unpaired) electrons. The summed E-state index contributed by atoms with van der Waals surface area (Å²) in [6, 6.07) is 9.67. The molecule has 0 bridgehead atoms. The quantitative estimate of drug-likeness (QED) is 0.403. The number of halogens is 2. The van der Waals surface area contributed by atoms with Crippen molar-refractivity contribution in [2.75, 3.05) is 0 Å². The SMILES string of the molecule is Cn1cc(-c2ccc3c(c2)-c2sc(C(=O)Cc4ccc(F)cc4F)nc2CCC3)cn1. The van der Waals surface area contributed by atoms with E-state index in [2.05, 4.69) is 28.3 Å². The molecule has 7 heteroatoms. The summed E-state index contributed by atoms with van der Waals surface area (Å²) in [5.74, 6) is -1.62. The predicted molar refractivity (Wildman–Crippen MR) is 116 cm³/mol. The minimum atomic E-state index is -0.710. The van der Waals surface area contributed by atoms with Gasteiger partial charge in [-0.05, 0) is 53.6 Å². The van der Waals surface area contributed by atoms with E-state index in [1.165, 1.54) is 29.0 Å². The van der Waals surface area contributed by atoms with E-state index in [1.54, 1.807) is 4.68 Å². The molecule has 0 aliphatic heterocycles. The number of hydrogen-bond acceptors (Lipinski definition) is 4. The molecule has 0 unspecified atom stereocenters. The van der Waals surface area contributed by atoms with Crippen LogP contribution in [0.2, 0.25) is 0 Å². The smallest absolute Gasteiger partial charge is 0.195 e. The highest BCUT2D eigenvalue weighted by Gasteiger charge is 2.23. The Bertz CT molecular complexity index is 1310. The average molecular weight is 435 g/mol. The molecule has 0 atom stereocenters. The summed E-state index contributed by atoms with van der Waals surface area (Å²) < 4.78 is 28.9. The number of rotatable bonds is 4. The van der Waals surface area contributed by atoms with Crippen molar-refractivity contribution in [3.63, 3.8) is 0 Å². The summed E-state index contributed by atoms with van der Waals surface area (Å²) in [4.78, 5) is 18.5. The van der Waals surface area contributed by atoms with Crippen LogP contribution in [0.25, 0.3) is 21.6 Å². The summed E-state index contributed by atoms with van der Waals surface area (Å²) in [7, 11) is 1.89. The Morgan fingerprint density at radius 2 is 2.00 bits per heavy atom. The van der Waals surface area contributed by atoms with E-state index in [0.717, 1.165) is 52.6 Å². The molecule has 2 aromatic heterocycles. The largest absolute Gasteiger partial charge is 0.291 e. The minimum Gasteiger partial charge on any atom is -0.291 e. The van der Waals surface area contributed by atoms with Gasteiger partial charge in [-0.2, -0.15) is 5.10 Å². The summed E-state index contributed by atoms with van der Waals surface area (Å²) >= 11 is 1.36. The second-order valence-corrected chi connectivity index (χ2v) is 8.76. The van der Waals surface area contributed by atoms with Crippen LogP contribution in [0.4, 0.5) is 8.78 Å². The second kappa shape index (κ2) is 7.81. The van der Waals surface area contributed by atoms with Crippen LogP contribution in [-0.4, -0.2) is 20.5 Å². The number of aromatic nitrogens is 3. The number of hydrogen-bond donors (Lipinski definition) is 0. The van der Waals surface area contributed by atoms with Gasteiger partial charge in [-0.25, -0.2) is 13.8 Å². The zero-order chi connectivity index (χ0) is 21.5. The van der Waals surface area contributed by atoms with Crippen molar-refractivity contribution in [3.05, 3.63) is 82.3 Å². The Labute approximate surface area is 182 Å². The van der Waals surface area contributed by atoms with Crippen molar-refractivity contribution in [2.45, 2.75) is 25.7 Å². The van der Waals surface area contributed by atoms with Gasteiger partial charge in [0.25, 0.3) is 0 Å². The Kier molecular flexibility index (Phi) is 4.98. The number of benzene rings is 2. The van der Waals surface area contributed by atoms with Gasteiger partial charge in [0.2, 0.25) is 0 Å². The molecule has 0 fully saturated rings. The minimum absolute atomic E-state index is 0.138. The molecular weight excluding hydrogens is 416 g/mol. The first-order chi connectivity index (χ1) is 15.0. The van der Waals surface area contributed by atoms with Gasteiger partial charge in [0.1, 0.15) is 11.6 Å². The van der Waals surface area contributed by atoms with E-state index in [-0.39, 0.29) is 17.8 Å². The second-order valence-electron chi connectivity index (χ2n) is 7.76. The molecule has 4 aromatic rings. The molecule has 0 saturated carbocycles. The maximum Gasteiger partial charge on any atom is 0.195 e. The standard InChI is InChI=1S/C24H19F2N3OS/c1-29-13-17(12-27-29)15-6-5-14-3-2-4-21-23(19(14)9-15)31-24(28-21)22(30)10-16-7-8-18(25)11-20(16)26/h5-9,11-13H,2-4,10H2,1H3. The molecule has 1 aliphatic carbocycles. The van der Waals surface area contributed by atoms with Crippen LogP contribution in [0, 0.1) is 11.6 Å². The highest BCUT2D eigenvalue weighted by atomic mass is 32.1. The van der Waals surface area contributed by atoms with Crippen LogP contribution in [-0.2, 0) is 26.3 Å². The fraction of sp³-hybridized carbons (Fsp3) is 0.208. The van der Waals surface area contributed by atoms with E-state index in [9.17, 15) is 13.6 Å². The van der Waals surface area contributed by atoms with E-state index in [4.69, 9.17) is 0 Å². The number of thiazole rings is 1. The number of carbonyl (C=O) groups is 1. The van der Waals surface area contributed by atoms with Crippen molar-refractivity contribution < 1.29 is 13.6 Å². The Morgan fingerprint density at radius 3 is 2.77 bits per heavy atom. The number of ketones is 1. The number of aryl methyl sites for hydroxylation is 3. The molecule has 1 aliphatic rings. The Morgan fingerprint density at radius 1 is 1.13 bits per heavy atom. The van der Waals surface area contributed by atoms with Crippen LogP contribution < -0.4 is 0 Å². The first-order valence-corrected chi connectivity index (χ1v) is 10.9. The average Bonchev–Trinajstić information content (AvgIpc) is 3.33. The highest BCUT2D eigenvalue weighted by molar-refractivity contribution is 7.17. The molecule has 2 heterocycles. The highest BCUT2D eigenvalue weighted by Crippen LogP contribution is 2.39. The van der Waals surface area contributed by atoms with E-state index >= 15 is 0 Å². The van der Waals surface area contributed by atoms with Gasteiger partial charge in [0.15, 0.2) is 10.8 Å². The third-order valence-corrected chi connectivity index (χ3v) is 6.73. The van der Waals surface area contributed by atoms with Gasteiger partial charge >= 0.3 is 0 Å². The van der Waals surface area contributed by atoms with Crippen molar-refractivity contribution in [1.29, 1.82) is 0 Å². The van der Waals surface area contributed by atoms with Crippen molar-refractivity contribution in [2.24, 2.45) is 7.05 Å². The van der Waals surface area contributed by atoms with Gasteiger partial charge in [-0.1, -0.05) is 18.2 Å². The van der Waals surface area contributed by atoms with Gasteiger partial charge in [-0.3, -0.25) is 9.48 Å². The van der Waals surface area contributed by atoms with Crippen LogP contribution >= 0.6 is 11.3 Å². The molecule has 0 spiro atoms. The lowest BCUT2D eigenvalue weighted by atomic mass is 9.99. The maximum absolute atomic E-state index is 14.0. The Hall–Kier alpha value is -3.19. The monoisotopic (exact) mass is 435 g/mol. The normalized spacial score (nSPS) is 12.9. The van der Waals surface area contributed by atoms with Gasteiger partial charge in [0, 0.05) is 31.3 Å². The zero-order valence-electron chi connectivity index (χ0n) is 16.9. The molecule has 4 nitrogen and oxygen atoms in total. The molecule has 0 amide bonds. The lowest BCUT2D eigenvalue weighted by molar-refractivity contribution is 0.0991. The summed E-state index contributed by atoms with van der Waals surface area (Å²) in [6.07, 6.45) is 6.37. The molecule has 0 N–H and O–H groups in total. The maximum atomic E-state index is 14.0. The van der Waals surface area contributed by atoms with Crippen LogP contribution in [0.3, 0.4) is 0 Å². The first-order valence-electron chi connectivity index (χ1n) is 10.1. The van der Waals surface area contributed by atoms with Gasteiger partial charge < -0.3 is 0 Å². The van der Waals surface area contributed by atoms with Crippen LogP contribution in [0.15, 0.2) is 48.8 Å². The topological polar surface area (TPSA) is 47.8 Å². The number of carbonyl (C=O) groups excluding carboxylic acids is 1. The molecular formula is C24H19F2N3OS. The van der Waals surface area contributed by atoms with Gasteiger partial charge in [-0.15, -0.1) is 11.3 Å². The molecule has 5 rings (SSSR count). The first kappa shape index (κ1) is 19.8. The predicted octanol–water partition coefficient (Wildman–Crippen LogP) is 5.40. The van der Waals surface area contributed by atoms with Crippen LogP contribution in [0.1, 0.15) is 33.0 Å². The number of fused-ring (bicyclic) bond motifs is 3. The van der Waals surface area contributed by atoms with Gasteiger partial charge in [0.05, 0.1) is 16.8 Å².